The van der Waals surface area contributed by atoms with E-state index >= 15 is 0 Å². The average Bonchev–Trinajstić information content (AvgIpc) is 3.12. The Morgan fingerprint density at radius 3 is 2.68 bits per heavy atom. The number of rotatable bonds is 5. The fraction of sp³-hybridized carbons (Fsp3) is 0.286. The molecule has 2 N–H and O–H groups in total. The van der Waals surface area contributed by atoms with Gasteiger partial charge in [0.1, 0.15) is 5.75 Å². The van der Waals surface area contributed by atoms with Crippen LogP contribution in [0, 0.1) is 0 Å². The zero-order valence-electron chi connectivity index (χ0n) is 10.3. The number of ether oxygens (including phenoxy) is 1. The van der Waals surface area contributed by atoms with Crippen molar-refractivity contribution in [1.82, 2.24) is 4.98 Å². The van der Waals surface area contributed by atoms with Gasteiger partial charge in [-0.05, 0) is 37.1 Å². The minimum Gasteiger partial charge on any atom is -0.490 e. The largest absolute Gasteiger partial charge is 0.490 e. The maximum Gasteiger partial charge on any atom is 0.180 e. The molecule has 1 fully saturated rings. The highest BCUT2D eigenvalue weighted by molar-refractivity contribution is 7.13. The van der Waals surface area contributed by atoms with Crippen molar-refractivity contribution in [3.05, 3.63) is 40.9 Å². The molecule has 0 saturated heterocycles. The van der Waals surface area contributed by atoms with Crippen molar-refractivity contribution in [1.29, 1.82) is 0 Å². The minimum atomic E-state index is 0.0447. The van der Waals surface area contributed by atoms with Crippen molar-refractivity contribution < 1.29 is 9.53 Å². The lowest BCUT2D eigenvalue weighted by molar-refractivity contribution is 0.0992. The molecule has 1 saturated carbocycles. The summed E-state index contributed by atoms with van der Waals surface area (Å²) in [7, 11) is 0. The first kappa shape index (κ1) is 12.2. The Morgan fingerprint density at radius 1 is 1.37 bits per heavy atom. The van der Waals surface area contributed by atoms with Crippen molar-refractivity contribution in [2.75, 3.05) is 5.73 Å². The molecule has 1 heterocycles. The molecule has 98 valence electrons. The van der Waals surface area contributed by atoms with Gasteiger partial charge in [0.2, 0.25) is 0 Å². The van der Waals surface area contributed by atoms with E-state index in [1.807, 2.05) is 17.5 Å². The Balaban J connectivity index is 1.65. The quantitative estimate of drug-likeness (QED) is 0.851. The Labute approximate surface area is 115 Å². The number of carbonyl (C=O) groups excluding carboxylic acids is 1. The molecular weight excluding hydrogens is 260 g/mol. The highest BCUT2D eigenvalue weighted by atomic mass is 32.1. The van der Waals surface area contributed by atoms with E-state index in [4.69, 9.17) is 10.5 Å². The highest BCUT2D eigenvalue weighted by Crippen LogP contribution is 2.26. The number of thiazole rings is 1. The molecule has 3 rings (SSSR count). The normalized spacial score (nSPS) is 14.3. The summed E-state index contributed by atoms with van der Waals surface area (Å²) in [5.74, 6) is 0.875. The van der Waals surface area contributed by atoms with Gasteiger partial charge in [0.15, 0.2) is 10.9 Å². The van der Waals surface area contributed by atoms with Crippen molar-refractivity contribution in [3.8, 4) is 5.75 Å². The molecule has 19 heavy (non-hydrogen) atoms. The van der Waals surface area contributed by atoms with E-state index in [1.165, 1.54) is 11.3 Å². The van der Waals surface area contributed by atoms with E-state index in [0.717, 1.165) is 24.3 Å². The number of benzene rings is 1. The fourth-order valence-corrected chi connectivity index (χ4v) is 2.33. The third-order valence-electron chi connectivity index (χ3n) is 2.91. The van der Waals surface area contributed by atoms with Crippen molar-refractivity contribution in [2.24, 2.45) is 0 Å². The van der Waals surface area contributed by atoms with Crippen molar-refractivity contribution in [3.63, 3.8) is 0 Å². The number of aromatic nitrogens is 1. The number of hydrogen-bond donors (Lipinski definition) is 1. The van der Waals surface area contributed by atoms with Crippen molar-refractivity contribution in [2.45, 2.75) is 25.4 Å². The molecule has 0 unspecified atom stereocenters. The number of nitrogens with two attached hydrogens (primary N) is 1. The lowest BCUT2D eigenvalue weighted by atomic mass is 10.1. The Bertz CT molecular complexity index is 588. The van der Waals surface area contributed by atoms with Crippen LogP contribution >= 0.6 is 11.3 Å². The Hall–Kier alpha value is -1.88. The lowest BCUT2D eigenvalue weighted by Gasteiger charge is -2.05. The monoisotopic (exact) mass is 274 g/mol. The maximum atomic E-state index is 12.1. The number of hydrogen-bond acceptors (Lipinski definition) is 5. The van der Waals surface area contributed by atoms with Crippen LogP contribution in [0.15, 0.2) is 29.6 Å². The van der Waals surface area contributed by atoms with Crippen LogP contribution in [0.25, 0.3) is 0 Å². The van der Waals surface area contributed by atoms with Crippen LogP contribution in [0.3, 0.4) is 0 Å². The summed E-state index contributed by atoms with van der Waals surface area (Å²) in [5.41, 5.74) is 6.95. The zero-order valence-corrected chi connectivity index (χ0v) is 11.2. The minimum absolute atomic E-state index is 0.0447. The van der Waals surface area contributed by atoms with E-state index in [-0.39, 0.29) is 12.2 Å². The summed E-state index contributed by atoms with van der Waals surface area (Å²) < 4.78 is 5.64. The highest BCUT2D eigenvalue weighted by Gasteiger charge is 2.23. The Morgan fingerprint density at radius 2 is 2.11 bits per heavy atom. The predicted molar refractivity (Wildman–Crippen MR) is 74.7 cm³/mol. The second kappa shape index (κ2) is 5.01. The van der Waals surface area contributed by atoms with Crippen molar-refractivity contribution >= 4 is 22.3 Å². The second-order valence-electron chi connectivity index (χ2n) is 4.62. The summed E-state index contributed by atoms with van der Waals surface area (Å²) >= 11 is 1.35. The molecule has 2 aromatic rings. The van der Waals surface area contributed by atoms with Gasteiger partial charge in [-0.3, -0.25) is 4.79 Å². The second-order valence-corrected chi connectivity index (χ2v) is 5.51. The first-order valence-electron chi connectivity index (χ1n) is 6.20. The average molecular weight is 274 g/mol. The smallest absolute Gasteiger partial charge is 0.180 e. The lowest BCUT2D eigenvalue weighted by Crippen LogP contribution is -2.04. The van der Waals surface area contributed by atoms with Gasteiger partial charge < -0.3 is 10.5 Å². The summed E-state index contributed by atoms with van der Waals surface area (Å²) in [6, 6.07) is 7.30. The van der Waals surface area contributed by atoms with E-state index < -0.39 is 0 Å². The summed E-state index contributed by atoms with van der Waals surface area (Å²) in [6.07, 6.45) is 2.92. The molecular formula is C14H14N2O2S. The first-order chi connectivity index (χ1) is 9.20. The van der Waals surface area contributed by atoms with Gasteiger partial charge in [-0.15, -0.1) is 11.3 Å². The fourth-order valence-electron chi connectivity index (χ4n) is 1.77. The van der Waals surface area contributed by atoms with Crippen LogP contribution in [0.4, 0.5) is 5.13 Å². The maximum absolute atomic E-state index is 12.1. The molecule has 0 radical (unpaired) electrons. The number of carbonyl (C=O) groups is 1. The summed E-state index contributed by atoms with van der Waals surface area (Å²) in [5, 5.41) is 2.31. The predicted octanol–water partition coefficient (Wildman–Crippen LogP) is 2.69. The molecule has 0 spiro atoms. The molecule has 0 amide bonds. The molecule has 4 nitrogen and oxygen atoms in total. The van der Waals surface area contributed by atoms with Crippen LogP contribution < -0.4 is 10.5 Å². The van der Waals surface area contributed by atoms with Crippen LogP contribution in [-0.4, -0.2) is 16.9 Å². The molecule has 0 atom stereocenters. The van der Waals surface area contributed by atoms with Crippen LogP contribution in [0.1, 0.15) is 28.9 Å². The van der Waals surface area contributed by atoms with E-state index in [1.54, 1.807) is 12.1 Å². The summed E-state index contributed by atoms with van der Waals surface area (Å²) in [6.45, 7) is 0. The van der Waals surface area contributed by atoms with Gasteiger partial charge in [-0.1, -0.05) is 0 Å². The molecule has 0 aliphatic heterocycles. The number of nitrogens with zero attached hydrogens (tertiary/aromatic N) is 1. The van der Waals surface area contributed by atoms with E-state index in [9.17, 15) is 4.79 Å². The Kier molecular flexibility index (Phi) is 3.21. The molecule has 5 heteroatoms. The van der Waals surface area contributed by atoms with Gasteiger partial charge >= 0.3 is 0 Å². The summed E-state index contributed by atoms with van der Waals surface area (Å²) in [4.78, 5) is 16.1. The van der Waals surface area contributed by atoms with Gasteiger partial charge in [0.25, 0.3) is 0 Å². The van der Waals surface area contributed by atoms with Gasteiger partial charge in [-0.25, -0.2) is 4.98 Å². The molecule has 1 aliphatic carbocycles. The van der Waals surface area contributed by atoms with Gasteiger partial charge in [0, 0.05) is 10.9 Å². The van der Waals surface area contributed by atoms with E-state index in [2.05, 4.69) is 4.98 Å². The number of anilines is 1. The SMILES string of the molecule is Nc1nc(CC(=O)c2ccc(OC3CC3)cc2)cs1. The molecule has 1 aromatic carbocycles. The molecule has 1 aliphatic rings. The van der Waals surface area contributed by atoms with Crippen LogP contribution in [-0.2, 0) is 6.42 Å². The third-order valence-corrected chi connectivity index (χ3v) is 3.64. The third kappa shape index (κ3) is 3.12. The van der Waals surface area contributed by atoms with E-state index in [0.29, 0.717) is 16.8 Å². The topological polar surface area (TPSA) is 65.2 Å². The van der Waals surface area contributed by atoms with Gasteiger partial charge in [0.05, 0.1) is 18.2 Å². The van der Waals surface area contributed by atoms with Gasteiger partial charge in [-0.2, -0.15) is 0 Å². The van der Waals surface area contributed by atoms with Crippen LogP contribution in [0.2, 0.25) is 0 Å². The van der Waals surface area contributed by atoms with Crippen LogP contribution in [0.5, 0.6) is 5.75 Å². The zero-order chi connectivity index (χ0) is 13.2. The number of Topliss-reactive ketones (excluding diaryl/α,β-unsaturated/α-hetero) is 1. The molecule has 0 bridgehead atoms. The first-order valence-corrected chi connectivity index (χ1v) is 7.08. The molecule has 1 aromatic heterocycles. The standard InChI is InChI=1S/C14H14N2O2S/c15-14-16-10(8-19-14)7-13(17)9-1-3-11(4-2-9)18-12-5-6-12/h1-4,8,12H,5-7H2,(H2,15,16). The number of ketones is 1. The number of nitrogen functional groups attached to an aromatic ring is 1.